The molecule has 0 aliphatic heterocycles. The summed E-state index contributed by atoms with van der Waals surface area (Å²) in [7, 11) is -1.99. The van der Waals surface area contributed by atoms with E-state index < -0.39 is 10.0 Å². The molecule has 2 aromatic rings. The Kier molecular flexibility index (Phi) is 6.43. The first-order chi connectivity index (χ1) is 15.5. The Labute approximate surface area is 200 Å². The molecule has 4 nitrogen and oxygen atoms in total. The molecule has 0 spiro atoms. The number of fused-ring (bicyclic) bond motifs is 3. The highest BCUT2D eigenvalue weighted by atomic mass is 32.2. The van der Waals surface area contributed by atoms with Gasteiger partial charge in [-0.3, -0.25) is 0 Å². The van der Waals surface area contributed by atoms with E-state index in [0.29, 0.717) is 29.0 Å². The lowest BCUT2D eigenvalue weighted by molar-refractivity contribution is 0.0299. The summed E-state index contributed by atoms with van der Waals surface area (Å²) in [4.78, 5) is 0.304. The minimum absolute atomic E-state index is 0.0734. The van der Waals surface area contributed by atoms with Crippen LogP contribution in [0.5, 0.6) is 5.75 Å². The lowest BCUT2D eigenvalue weighted by Crippen LogP contribution is -2.53. The van der Waals surface area contributed by atoms with Crippen molar-refractivity contribution in [2.75, 3.05) is 13.7 Å². The predicted molar refractivity (Wildman–Crippen MR) is 135 cm³/mol. The maximum Gasteiger partial charge on any atom is 0.240 e. The van der Waals surface area contributed by atoms with Crippen LogP contribution in [0.15, 0.2) is 41.3 Å². The quantitative estimate of drug-likeness (QED) is 0.555. The molecule has 2 aliphatic carbocycles. The molecular weight excluding hydrogens is 430 g/mol. The van der Waals surface area contributed by atoms with Crippen molar-refractivity contribution in [2.45, 2.75) is 83.0 Å². The molecule has 0 amide bonds. The first kappa shape index (κ1) is 24.3. The Balaban J connectivity index is 1.58. The molecule has 1 N–H and O–H groups in total. The number of hydrogen-bond acceptors (Lipinski definition) is 3. The fraction of sp³-hybridized carbons (Fsp3) is 0.571. The number of benzene rings is 2. The van der Waals surface area contributed by atoms with Gasteiger partial charge in [-0.2, -0.15) is 0 Å². The van der Waals surface area contributed by atoms with E-state index in [1.165, 1.54) is 23.1 Å². The molecule has 5 heteroatoms. The first-order valence-electron chi connectivity index (χ1n) is 12.3. The van der Waals surface area contributed by atoms with Gasteiger partial charge < -0.3 is 4.74 Å². The van der Waals surface area contributed by atoms with E-state index in [2.05, 4.69) is 50.6 Å². The van der Waals surface area contributed by atoms with Gasteiger partial charge in [0.25, 0.3) is 0 Å². The van der Waals surface area contributed by atoms with Gasteiger partial charge in [-0.1, -0.05) is 52.3 Å². The van der Waals surface area contributed by atoms with E-state index in [1.807, 2.05) is 6.92 Å². The maximum absolute atomic E-state index is 13.2. The predicted octanol–water partition coefficient (Wildman–Crippen LogP) is 6.12. The van der Waals surface area contributed by atoms with Gasteiger partial charge in [-0.05, 0) is 95.7 Å². The van der Waals surface area contributed by atoms with Crippen LogP contribution < -0.4 is 9.46 Å². The first-order valence-corrected chi connectivity index (χ1v) is 13.8. The molecule has 33 heavy (non-hydrogen) atoms. The van der Waals surface area contributed by atoms with Crippen molar-refractivity contribution in [1.29, 1.82) is 0 Å². The second-order valence-corrected chi connectivity index (χ2v) is 12.8. The molecule has 0 unspecified atom stereocenters. The van der Waals surface area contributed by atoms with Crippen LogP contribution in [0, 0.1) is 18.3 Å². The van der Waals surface area contributed by atoms with Crippen molar-refractivity contribution in [3.8, 4) is 5.75 Å². The van der Waals surface area contributed by atoms with E-state index in [4.69, 9.17) is 4.74 Å². The van der Waals surface area contributed by atoms with Crippen molar-refractivity contribution < 1.29 is 13.2 Å². The Morgan fingerprint density at radius 1 is 1.12 bits per heavy atom. The molecule has 0 radical (unpaired) electrons. The Morgan fingerprint density at radius 3 is 2.55 bits per heavy atom. The number of ether oxygens (including phenoxy) is 1. The average Bonchev–Trinajstić information content (AvgIpc) is 2.77. The fourth-order valence-electron chi connectivity index (χ4n) is 6.58. The summed E-state index contributed by atoms with van der Waals surface area (Å²) >= 11 is 0. The Hall–Kier alpha value is -1.85. The fourth-order valence-corrected chi connectivity index (χ4v) is 7.84. The third-order valence-electron chi connectivity index (χ3n) is 8.51. The third-order valence-corrected chi connectivity index (χ3v) is 9.91. The summed E-state index contributed by atoms with van der Waals surface area (Å²) in [5, 5.41) is 0. The second kappa shape index (κ2) is 8.74. The number of nitrogens with one attached hydrogen (secondary N) is 1. The number of hydrogen-bond donors (Lipinski definition) is 1. The summed E-state index contributed by atoms with van der Waals surface area (Å²) in [6.45, 7) is 11.6. The monoisotopic (exact) mass is 469 g/mol. The van der Waals surface area contributed by atoms with Crippen LogP contribution >= 0.6 is 0 Å². The maximum atomic E-state index is 13.2. The van der Waals surface area contributed by atoms with Gasteiger partial charge in [0.05, 0.1) is 12.0 Å². The second-order valence-electron chi connectivity index (χ2n) is 11.0. The minimum atomic E-state index is -3.58. The zero-order valence-corrected chi connectivity index (χ0v) is 21.8. The number of rotatable bonds is 6. The van der Waals surface area contributed by atoms with Gasteiger partial charge in [0.2, 0.25) is 10.0 Å². The summed E-state index contributed by atoms with van der Waals surface area (Å²) < 4.78 is 34.6. The van der Waals surface area contributed by atoms with Crippen LogP contribution in [-0.4, -0.2) is 22.1 Å². The van der Waals surface area contributed by atoms with Gasteiger partial charge in [-0.15, -0.1) is 0 Å². The van der Waals surface area contributed by atoms with Crippen molar-refractivity contribution in [3.63, 3.8) is 0 Å². The van der Waals surface area contributed by atoms with Crippen LogP contribution in [0.2, 0.25) is 0 Å². The largest absolute Gasteiger partial charge is 0.496 e. The molecule has 0 heterocycles. The van der Waals surface area contributed by atoms with Crippen LogP contribution in [0.1, 0.15) is 81.5 Å². The zero-order valence-electron chi connectivity index (χ0n) is 21.0. The van der Waals surface area contributed by atoms with Gasteiger partial charge in [0.1, 0.15) is 5.75 Å². The Morgan fingerprint density at radius 2 is 1.88 bits per heavy atom. The molecule has 0 aromatic heterocycles. The van der Waals surface area contributed by atoms with Crippen LogP contribution in [0.4, 0.5) is 0 Å². The van der Waals surface area contributed by atoms with Crippen molar-refractivity contribution in [2.24, 2.45) is 11.3 Å². The average molecular weight is 470 g/mol. The van der Waals surface area contributed by atoms with Crippen LogP contribution in [0.3, 0.4) is 0 Å². The van der Waals surface area contributed by atoms with Crippen molar-refractivity contribution in [3.05, 3.63) is 58.7 Å². The van der Waals surface area contributed by atoms with E-state index in [9.17, 15) is 8.42 Å². The molecular formula is C28H39NO3S. The minimum Gasteiger partial charge on any atom is -0.496 e. The van der Waals surface area contributed by atoms with Crippen molar-refractivity contribution in [1.82, 2.24) is 4.72 Å². The van der Waals surface area contributed by atoms with Gasteiger partial charge >= 0.3 is 0 Å². The molecule has 1 saturated carbocycles. The Bertz CT molecular complexity index is 1140. The highest BCUT2D eigenvalue weighted by Crippen LogP contribution is 2.57. The van der Waals surface area contributed by atoms with E-state index in [0.717, 1.165) is 31.2 Å². The third kappa shape index (κ3) is 4.35. The molecule has 0 saturated heterocycles. The van der Waals surface area contributed by atoms with E-state index in [-0.39, 0.29) is 10.8 Å². The van der Waals surface area contributed by atoms with Gasteiger partial charge in [0, 0.05) is 6.54 Å². The van der Waals surface area contributed by atoms with E-state index in [1.54, 1.807) is 25.3 Å². The molecule has 180 valence electrons. The standard InChI is InChI=1S/C28H39NO3S/c1-19(2)21-8-11-24-22(17-21)9-13-26-27(4,14-7-15-28(24,26)5)18-29-33(30,31)23-10-12-25(32-6)20(3)16-23/h8,10-12,16-17,19,26,29H,7,9,13-15,18H2,1-6H3/t26-,27-,28-/m0/s1. The highest BCUT2D eigenvalue weighted by Gasteiger charge is 2.51. The van der Waals surface area contributed by atoms with Crippen LogP contribution in [-0.2, 0) is 21.9 Å². The lowest BCUT2D eigenvalue weighted by Gasteiger charge is -2.55. The molecule has 1 fully saturated rings. The summed E-state index contributed by atoms with van der Waals surface area (Å²) in [5.41, 5.74) is 5.24. The molecule has 2 aliphatic rings. The van der Waals surface area contributed by atoms with Crippen LogP contribution in [0.25, 0.3) is 0 Å². The molecule has 4 rings (SSSR count). The number of methoxy groups -OCH3 is 1. The summed E-state index contributed by atoms with van der Waals surface area (Å²) in [6.07, 6.45) is 5.54. The normalized spacial score (nSPS) is 27.2. The smallest absolute Gasteiger partial charge is 0.240 e. The SMILES string of the molecule is COc1ccc(S(=O)(=O)NC[C@]2(C)CCC[C@@]3(C)c4ccc(C(C)C)cc4CC[C@@H]23)cc1C. The number of aryl methyl sites for hydroxylation is 2. The van der Waals surface area contributed by atoms with Gasteiger partial charge in [-0.25, -0.2) is 13.1 Å². The molecule has 0 bridgehead atoms. The topological polar surface area (TPSA) is 55.4 Å². The van der Waals surface area contributed by atoms with Gasteiger partial charge in [0.15, 0.2) is 0 Å². The molecule has 3 atom stereocenters. The highest BCUT2D eigenvalue weighted by molar-refractivity contribution is 7.89. The zero-order chi connectivity index (χ0) is 24.0. The lowest BCUT2D eigenvalue weighted by atomic mass is 9.50. The summed E-state index contributed by atoms with van der Waals surface area (Å²) in [5.74, 6) is 1.69. The summed E-state index contributed by atoms with van der Waals surface area (Å²) in [6, 6.07) is 12.1. The van der Waals surface area contributed by atoms with Crippen molar-refractivity contribution >= 4 is 10.0 Å². The molecule has 2 aromatic carbocycles. The van der Waals surface area contributed by atoms with E-state index >= 15 is 0 Å². The number of sulfonamides is 1.